The molecule has 0 nitrogen and oxygen atoms in total. The first-order chi connectivity index (χ1) is 11.7. The van der Waals surface area contributed by atoms with Crippen molar-refractivity contribution in [2.24, 2.45) is 0 Å². The van der Waals surface area contributed by atoms with Crippen LogP contribution in [0.15, 0.2) is 42.5 Å². The quantitative estimate of drug-likeness (QED) is 0.371. The van der Waals surface area contributed by atoms with Crippen LogP contribution in [0.1, 0.15) is 47.9 Å². The van der Waals surface area contributed by atoms with E-state index in [1.54, 1.807) is 5.57 Å². The molecule has 0 N–H and O–H groups in total. The summed E-state index contributed by atoms with van der Waals surface area (Å²) >= 11 is 0. The average Bonchev–Trinajstić information content (AvgIpc) is 3.14. The first kappa shape index (κ1) is 22.4. The predicted octanol–water partition coefficient (Wildman–Crippen LogP) is -1.71. The molecular formula is C24H21Cl2Zr. The molecule has 0 saturated heterocycles. The molecule has 3 aliphatic rings. The minimum atomic E-state index is 0. The first-order valence-corrected chi connectivity index (χ1v) is 8.99. The van der Waals surface area contributed by atoms with E-state index in [-0.39, 0.29) is 51.0 Å². The molecule has 0 atom stereocenters. The molecule has 135 valence electrons. The summed E-state index contributed by atoms with van der Waals surface area (Å²) in [7, 11) is 0. The average molecular weight is 472 g/mol. The summed E-state index contributed by atoms with van der Waals surface area (Å²) in [4.78, 5) is 0. The van der Waals surface area contributed by atoms with Gasteiger partial charge in [0.15, 0.2) is 0 Å². The van der Waals surface area contributed by atoms with Gasteiger partial charge in [-0.2, -0.15) is 0 Å². The maximum Gasteiger partial charge on any atom is 3.00 e. The van der Waals surface area contributed by atoms with E-state index in [1.165, 1.54) is 68.0 Å². The van der Waals surface area contributed by atoms with Crippen LogP contribution in [0.3, 0.4) is 0 Å². The SMILES string of the molecule is Cc1ccc2c(c1)=c1cc(C)c(=C3CCC3)c(C3=CC=CC3)c1[C-]=2.[Cl-].[Cl-].[Zr+3]. The molecule has 2 aromatic rings. The number of hydrogen-bond acceptors (Lipinski definition) is 0. The van der Waals surface area contributed by atoms with Gasteiger partial charge in [-0.3, -0.25) is 0 Å². The van der Waals surface area contributed by atoms with Crippen LogP contribution in [0.4, 0.5) is 0 Å². The van der Waals surface area contributed by atoms with Crippen LogP contribution in [-0.4, -0.2) is 0 Å². The molecule has 3 aliphatic carbocycles. The molecule has 0 aliphatic heterocycles. The van der Waals surface area contributed by atoms with Crippen LogP contribution in [0.5, 0.6) is 0 Å². The molecule has 3 heteroatoms. The molecule has 5 rings (SSSR count). The topological polar surface area (TPSA) is 0 Å². The predicted molar refractivity (Wildman–Crippen MR) is 101 cm³/mol. The van der Waals surface area contributed by atoms with Gasteiger partial charge in [0.05, 0.1) is 0 Å². The summed E-state index contributed by atoms with van der Waals surface area (Å²) in [5.74, 6) is 0. The Labute approximate surface area is 192 Å². The van der Waals surface area contributed by atoms with Crippen molar-refractivity contribution >= 4 is 17.2 Å². The van der Waals surface area contributed by atoms with E-state index in [4.69, 9.17) is 0 Å². The normalized spacial score (nSPS) is 15.3. The smallest absolute Gasteiger partial charge is 1.00 e. The summed E-state index contributed by atoms with van der Waals surface area (Å²) in [6, 6.07) is 9.14. The summed E-state index contributed by atoms with van der Waals surface area (Å²) in [6.07, 6.45) is 15.4. The van der Waals surface area contributed by atoms with Gasteiger partial charge < -0.3 is 24.8 Å². The fourth-order valence-corrected chi connectivity index (χ4v) is 4.30. The number of hydrogen-bond donors (Lipinski definition) is 0. The maximum absolute atomic E-state index is 3.74. The van der Waals surface area contributed by atoms with Crippen molar-refractivity contribution in [1.82, 2.24) is 0 Å². The van der Waals surface area contributed by atoms with Crippen LogP contribution in [0.2, 0.25) is 0 Å². The molecule has 0 heterocycles. The van der Waals surface area contributed by atoms with Crippen molar-refractivity contribution < 1.29 is 51.0 Å². The van der Waals surface area contributed by atoms with E-state index in [0.717, 1.165) is 6.42 Å². The molecule has 0 bridgehead atoms. The van der Waals surface area contributed by atoms with Gasteiger partial charge in [0.1, 0.15) is 0 Å². The van der Waals surface area contributed by atoms with Crippen molar-refractivity contribution in [3.63, 3.8) is 0 Å². The van der Waals surface area contributed by atoms with E-state index in [0.29, 0.717) is 0 Å². The first-order valence-electron chi connectivity index (χ1n) is 8.99. The van der Waals surface area contributed by atoms with E-state index >= 15 is 0 Å². The van der Waals surface area contributed by atoms with E-state index in [9.17, 15) is 0 Å². The third-order valence-corrected chi connectivity index (χ3v) is 5.65. The van der Waals surface area contributed by atoms with Gasteiger partial charge in [0.2, 0.25) is 0 Å². The number of aryl methyl sites for hydroxylation is 2. The number of allylic oxidation sites excluding steroid dienone is 4. The van der Waals surface area contributed by atoms with Crippen LogP contribution in [0.25, 0.3) is 17.2 Å². The van der Waals surface area contributed by atoms with Crippen molar-refractivity contribution in [3.05, 3.63) is 85.6 Å². The molecular weight excluding hydrogens is 450 g/mol. The van der Waals surface area contributed by atoms with Crippen molar-refractivity contribution in [2.45, 2.75) is 39.5 Å². The molecule has 1 radical (unpaired) electrons. The fraction of sp³-hybridized carbons (Fsp3) is 0.250. The molecule has 27 heavy (non-hydrogen) atoms. The van der Waals surface area contributed by atoms with Gasteiger partial charge in [0, 0.05) is 0 Å². The zero-order valence-corrected chi connectivity index (χ0v) is 19.6. The van der Waals surface area contributed by atoms with E-state index in [1.807, 2.05) is 0 Å². The Bertz CT molecular complexity index is 1160. The van der Waals surface area contributed by atoms with Gasteiger partial charge in [-0.25, -0.2) is 0 Å². The second kappa shape index (κ2) is 8.65. The van der Waals surface area contributed by atoms with Crippen LogP contribution < -0.4 is 35.3 Å². The Morgan fingerprint density at radius 2 is 1.74 bits per heavy atom. The van der Waals surface area contributed by atoms with Crippen LogP contribution >= 0.6 is 0 Å². The molecule has 0 aromatic heterocycles. The monoisotopic (exact) mass is 469 g/mol. The molecule has 1 fully saturated rings. The van der Waals surface area contributed by atoms with Crippen LogP contribution in [0, 0.1) is 24.3 Å². The zero-order valence-electron chi connectivity index (χ0n) is 15.6. The molecule has 0 unspecified atom stereocenters. The van der Waals surface area contributed by atoms with Gasteiger partial charge >= 0.3 is 26.2 Å². The van der Waals surface area contributed by atoms with Crippen molar-refractivity contribution in [3.8, 4) is 0 Å². The summed E-state index contributed by atoms with van der Waals surface area (Å²) in [5, 5.41) is 5.49. The maximum atomic E-state index is 3.74. The second-order valence-corrected chi connectivity index (χ2v) is 7.32. The number of rotatable bonds is 1. The minimum Gasteiger partial charge on any atom is -1.00 e. The second-order valence-electron chi connectivity index (χ2n) is 7.32. The van der Waals surface area contributed by atoms with Gasteiger partial charge in [-0.1, -0.05) is 64.3 Å². The van der Waals surface area contributed by atoms with Gasteiger partial charge in [0.25, 0.3) is 0 Å². The van der Waals surface area contributed by atoms with E-state index < -0.39 is 0 Å². The minimum absolute atomic E-state index is 0. The standard InChI is InChI=1S/C24H21.2ClH.Zr/c1-15-10-11-19-14-22-21(20(19)12-15)13-16(2)23(17-8-5-9-17)24(22)18-6-3-4-7-18;;;/h3-4,6,10-13H,5,7-9H2,1-2H3;2*1H;/q-1;;;+3/p-2. The number of halogens is 2. The Balaban J connectivity index is 0.000000871. The molecule has 2 aromatic carbocycles. The molecule has 1 saturated carbocycles. The Hall–Kier alpha value is -0.877. The van der Waals surface area contributed by atoms with Crippen molar-refractivity contribution in [1.29, 1.82) is 0 Å². The Morgan fingerprint density at radius 3 is 2.37 bits per heavy atom. The number of benzene rings is 2. The van der Waals surface area contributed by atoms with Crippen LogP contribution in [-0.2, 0) is 26.2 Å². The largest absolute Gasteiger partial charge is 3.00 e. The summed E-state index contributed by atoms with van der Waals surface area (Å²) < 4.78 is 0. The third kappa shape index (κ3) is 3.60. The summed E-state index contributed by atoms with van der Waals surface area (Å²) in [6.45, 7) is 4.47. The molecule has 0 amide bonds. The van der Waals surface area contributed by atoms with Crippen molar-refractivity contribution in [2.75, 3.05) is 0 Å². The molecule has 0 spiro atoms. The Morgan fingerprint density at radius 1 is 0.963 bits per heavy atom. The number of fused-ring (bicyclic) bond motifs is 2. The van der Waals surface area contributed by atoms with Gasteiger partial charge in [-0.05, 0) is 44.7 Å². The third-order valence-electron chi connectivity index (χ3n) is 5.65. The summed E-state index contributed by atoms with van der Waals surface area (Å²) in [5.41, 5.74) is 8.64. The van der Waals surface area contributed by atoms with Gasteiger partial charge in [-0.15, -0.1) is 33.4 Å². The fourth-order valence-electron chi connectivity index (χ4n) is 4.30. The Kier molecular flexibility index (Phi) is 7.18. The zero-order chi connectivity index (χ0) is 16.3. The van der Waals surface area contributed by atoms with E-state index in [2.05, 4.69) is 62.4 Å².